The number of rotatable bonds is 1. The Morgan fingerprint density at radius 2 is 2.27 bits per heavy atom. The monoisotopic (exact) mass is 200 g/mol. The lowest BCUT2D eigenvalue weighted by Gasteiger charge is -1.99. The molecule has 0 unspecified atom stereocenters. The van der Waals surface area contributed by atoms with Crippen LogP contribution in [-0.2, 0) is 4.74 Å². The molecule has 0 atom stereocenters. The fourth-order valence-corrected chi connectivity index (χ4v) is 1.47. The van der Waals surface area contributed by atoms with Gasteiger partial charge >= 0.3 is 5.97 Å². The van der Waals surface area contributed by atoms with Gasteiger partial charge in [0.25, 0.3) is 0 Å². The molecule has 0 saturated heterocycles. The lowest BCUT2D eigenvalue weighted by atomic mass is 10.1. The maximum absolute atomic E-state index is 11.2. The molecular weight excluding hydrogens is 192 g/mol. The van der Waals surface area contributed by atoms with Crippen LogP contribution in [0, 0.1) is 11.5 Å². The van der Waals surface area contributed by atoms with Crippen molar-refractivity contribution >= 4 is 16.9 Å². The van der Waals surface area contributed by atoms with Crippen molar-refractivity contribution in [3.05, 3.63) is 36.0 Å². The fraction of sp³-hybridized carbons (Fsp3) is 0.0909. The molecule has 1 heterocycles. The summed E-state index contributed by atoms with van der Waals surface area (Å²) in [6.07, 6.45) is 3.67. The minimum Gasteiger partial charge on any atom is -0.465 e. The summed E-state index contributed by atoms with van der Waals surface area (Å²) in [6, 6.07) is 6.85. The van der Waals surface area contributed by atoms with Gasteiger partial charge in [-0.15, -0.1) is 0 Å². The Morgan fingerprint density at radius 3 is 2.93 bits per heavy atom. The number of aromatic nitrogens is 1. The van der Waals surface area contributed by atoms with Crippen LogP contribution in [0.4, 0.5) is 0 Å². The first-order chi connectivity index (χ1) is 7.26. The summed E-state index contributed by atoms with van der Waals surface area (Å²) in [5.74, 6) is -0.374. The van der Waals surface area contributed by atoms with Crippen LogP contribution in [0.3, 0.4) is 0 Å². The highest BCUT2D eigenvalue weighted by Crippen LogP contribution is 2.17. The predicted molar refractivity (Wildman–Crippen MR) is 54.3 cm³/mol. The standard InChI is InChI=1S/C11H8N2O2/c1-15-11(14)9-2-3-10-8(6-9)4-5-13(10)7-12/h2-6H,1H3. The summed E-state index contributed by atoms with van der Waals surface area (Å²) in [7, 11) is 1.34. The van der Waals surface area contributed by atoms with E-state index in [9.17, 15) is 4.79 Å². The minimum absolute atomic E-state index is 0.374. The number of methoxy groups -OCH3 is 1. The molecule has 2 rings (SSSR count). The van der Waals surface area contributed by atoms with Crippen molar-refractivity contribution in [1.82, 2.24) is 4.57 Å². The molecule has 0 aliphatic heterocycles. The number of fused-ring (bicyclic) bond motifs is 1. The van der Waals surface area contributed by atoms with Crippen LogP contribution >= 0.6 is 0 Å². The maximum atomic E-state index is 11.2. The van der Waals surface area contributed by atoms with E-state index in [4.69, 9.17) is 5.26 Å². The van der Waals surface area contributed by atoms with Gasteiger partial charge in [-0.05, 0) is 24.3 Å². The Kier molecular flexibility index (Phi) is 2.14. The zero-order valence-corrected chi connectivity index (χ0v) is 8.10. The number of esters is 1. The molecule has 4 nitrogen and oxygen atoms in total. The molecule has 0 bridgehead atoms. The Bertz CT molecular complexity index is 563. The number of benzene rings is 1. The van der Waals surface area contributed by atoms with Crippen molar-refractivity contribution in [3.63, 3.8) is 0 Å². The second-order valence-electron chi connectivity index (χ2n) is 3.05. The Hall–Kier alpha value is -2.28. The molecule has 0 aliphatic rings. The summed E-state index contributed by atoms with van der Waals surface area (Å²) in [4.78, 5) is 11.2. The number of nitriles is 1. The SMILES string of the molecule is COC(=O)c1ccc2c(ccn2C#N)c1. The Labute approximate surface area is 86.3 Å². The molecule has 0 radical (unpaired) electrons. The van der Waals surface area contributed by atoms with Gasteiger partial charge in [-0.25, -0.2) is 4.79 Å². The second kappa shape index (κ2) is 3.46. The molecule has 0 amide bonds. The van der Waals surface area contributed by atoms with E-state index in [1.807, 2.05) is 6.19 Å². The zero-order chi connectivity index (χ0) is 10.8. The third-order valence-electron chi connectivity index (χ3n) is 2.22. The molecular formula is C11H8N2O2. The van der Waals surface area contributed by atoms with E-state index in [0.29, 0.717) is 5.56 Å². The van der Waals surface area contributed by atoms with Crippen LogP contribution in [0.5, 0.6) is 0 Å². The van der Waals surface area contributed by atoms with E-state index in [1.54, 1.807) is 30.5 Å². The van der Waals surface area contributed by atoms with Crippen LogP contribution in [0.1, 0.15) is 10.4 Å². The van der Waals surface area contributed by atoms with Crippen molar-refractivity contribution in [3.8, 4) is 6.19 Å². The zero-order valence-electron chi connectivity index (χ0n) is 8.10. The molecule has 1 aromatic carbocycles. The summed E-state index contributed by atoms with van der Waals surface area (Å²) < 4.78 is 6.05. The third kappa shape index (κ3) is 1.44. The summed E-state index contributed by atoms with van der Waals surface area (Å²) in [6.45, 7) is 0. The van der Waals surface area contributed by atoms with Crippen LogP contribution in [0.25, 0.3) is 10.9 Å². The first-order valence-electron chi connectivity index (χ1n) is 4.36. The number of nitrogens with zero attached hydrogens (tertiary/aromatic N) is 2. The molecule has 0 fully saturated rings. The molecule has 0 aliphatic carbocycles. The van der Waals surface area contributed by atoms with E-state index in [-0.39, 0.29) is 5.97 Å². The van der Waals surface area contributed by atoms with E-state index in [2.05, 4.69) is 4.74 Å². The third-order valence-corrected chi connectivity index (χ3v) is 2.22. The highest BCUT2D eigenvalue weighted by atomic mass is 16.5. The van der Waals surface area contributed by atoms with Crippen LogP contribution in [-0.4, -0.2) is 17.6 Å². The highest BCUT2D eigenvalue weighted by molar-refractivity contribution is 5.94. The molecule has 74 valence electrons. The number of carbonyl (C=O) groups excluding carboxylic acids is 1. The molecule has 1 aromatic heterocycles. The molecule has 2 aromatic rings. The largest absolute Gasteiger partial charge is 0.465 e. The second-order valence-corrected chi connectivity index (χ2v) is 3.05. The van der Waals surface area contributed by atoms with E-state index < -0.39 is 0 Å². The molecule has 4 heteroatoms. The average Bonchev–Trinajstić information content (AvgIpc) is 2.69. The van der Waals surface area contributed by atoms with Gasteiger partial charge in [0.1, 0.15) is 0 Å². The van der Waals surface area contributed by atoms with E-state index in [1.165, 1.54) is 11.7 Å². The minimum atomic E-state index is -0.374. The van der Waals surface area contributed by atoms with Crippen LogP contribution < -0.4 is 0 Å². The fourth-order valence-electron chi connectivity index (χ4n) is 1.47. The summed E-state index contributed by atoms with van der Waals surface area (Å²) in [5, 5.41) is 9.62. The van der Waals surface area contributed by atoms with Gasteiger partial charge in [-0.1, -0.05) is 0 Å². The van der Waals surface area contributed by atoms with Crippen LogP contribution in [0.15, 0.2) is 30.5 Å². The number of hydrogen-bond donors (Lipinski definition) is 0. The van der Waals surface area contributed by atoms with Crippen molar-refractivity contribution in [2.75, 3.05) is 7.11 Å². The van der Waals surface area contributed by atoms with Crippen molar-refractivity contribution < 1.29 is 9.53 Å². The first kappa shape index (κ1) is 9.28. The van der Waals surface area contributed by atoms with Gasteiger partial charge in [0.05, 0.1) is 18.2 Å². The number of carbonyl (C=O) groups is 1. The molecule has 0 N–H and O–H groups in total. The molecule has 0 saturated carbocycles. The predicted octanol–water partition coefficient (Wildman–Crippen LogP) is 1.76. The van der Waals surface area contributed by atoms with Gasteiger partial charge in [0, 0.05) is 11.6 Å². The van der Waals surface area contributed by atoms with Gasteiger partial charge in [-0.3, -0.25) is 4.57 Å². The Balaban J connectivity index is 2.59. The number of ether oxygens (including phenoxy) is 1. The van der Waals surface area contributed by atoms with Gasteiger partial charge in [0.2, 0.25) is 0 Å². The lowest BCUT2D eigenvalue weighted by Crippen LogP contribution is -2.00. The van der Waals surface area contributed by atoms with E-state index >= 15 is 0 Å². The van der Waals surface area contributed by atoms with E-state index in [0.717, 1.165) is 10.9 Å². The van der Waals surface area contributed by atoms with Crippen LogP contribution in [0.2, 0.25) is 0 Å². The average molecular weight is 200 g/mol. The first-order valence-corrected chi connectivity index (χ1v) is 4.36. The van der Waals surface area contributed by atoms with Gasteiger partial charge < -0.3 is 4.74 Å². The lowest BCUT2D eigenvalue weighted by molar-refractivity contribution is 0.0601. The van der Waals surface area contributed by atoms with Gasteiger partial charge in [0.15, 0.2) is 6.19 Å². The Morgan fingerprint density at radius 1 is 1.47 bits per heavy atom. The van der Waals surface area contributed by atoms with Crippen molar-refractivity contribution in [2.24, 2.45) is 0 Å². The topological polar surface area (TPSA) is 55.0 Å². The molecule has 0 spiro atoms. The maximum Gasteiger partial charge on any atom is 0.337 e. The normalized spacial score (nSPS) is 9.87. The van der Waals surface area contributed by atoms with Gasteiger partial charge in [-0.2, -0.15) is 5.26 Å². The molecule has 15 heavy (non-hydrogen) atoms. The highest BCUT2D eigenvalue weighted by Gasteiger charge is 2.07. The quantitative estimate of drug-likeness (QED) is 0.659. The smallest absolute Gasteiger partial charge is 0.337 e. The van der Waals surface area contributed by atoms with Crippen molar-refractivity contribution in [2.45, 2.75) is 0 Å². The summed E-state index contributed by atoms with van der Waals surface area (Å²) in [5.41, 5.74) is 1.27. The number of hydrogen-bond acceptors (Lipinski definition) is 3. The summed E-state index contributed by atoms with van der Waals surface area (Å²) >= 11 is 0. The van der Waals surface area contributed by atoms with Crippen molar-refractivity contribution in [1.29, 1.82) is 5.26 Å².